The molecule has 0 radical (unpaired) electrons. The van der Waals surface area contributed by atoms with Crippen molar-refractivity contribution in [3.05, 3.63) is 171 Å². The van der Waals surface area contributed by atoms with Gasteiger partial charge in [0.15, 0.2) is 47.4 Å². The quantitative estimate of drug-likeness (QED) is 0.0431. The van der Waals surface area contributed by atoms with E-state index in [0.717, 1.165) is 5.69 Å². The maximum absolute atomic E-state index is 13.4. The number of anilines is 1. The van der Waals surface area contributed by atoms with Crippen LogP contribution in [0.4, 0.5) is 5.69 Å². The van der Waals surface area contributed by atoms with E-state index in [0.29, 0.717) is 100 Å². The Morgan fingerprint density at radius 1 is 0.463 bits per heavy atom. The first-order valence-corrected chi connectivity index (χ1v) is 30.4. The van der Waals surface area contributed by atoms with E-state index in [2.05, 4.69) is 0 Å². The third-order valence-electron chi connectivity index (χ3n) is 17.6. The minimum Gasteiger partial charge on any atom is -0.461 e. The molecule has 8 aromatic carbocycles. The van der Waals surface area contributed by atoms with Crippen molar-refractivity contribution in [1.29, 1.82) is 0 Å². The van der Waals surface area contributed by atoms with Crippen molar-refractivity contribution < 1.29 is 117 Å². The number of hydrogen-bond donors (Lipinski definition) is 8. The normalized spacial score (nSPS) is 22.9. The molecule has 2 unspecified atom stereocenters. The van der Waals surface area contributed by atoms with Gasteiger partial charge in [-0.3, -0.25) is 0 Å². The fraction of sp³-hybridized carbons (Fsp3) is 0.314. The fourth-order valence-electron chi connectivity index (χ4n) is 12.6. The first-order chi connectivity index (χ1) is 45.9. The van der Waals surface area contributed by atoms with Crippen molar-refractivity contribution in [2.45, 2.75) is 115 Å². The molecule has 0 aromatic heterocycles. The third kappa shape index (κ3) is 11.8. The Bertz CT molecular complexity index is 4330. The fourth-order valence-corrected chi connectivity index (χ4v) is 12.6. The summed E-state index contributed by atoms with van der Waals surface area (Å²) in [6.45, 7) is 1.28. The SMILES string of the molecule is C[C@H]1OC(Oc2c3c(c(-c4ccc5c(c4)OCO5)c4cc(CO)c(CO)cc24)C(=O)OC3)[C@H](O)[C@@H](OC(=O)c2ccc(N(C)C)cc2)[C@@H]1O.C[C@H]1OC(Oc2c3c(c(-c4ccc5c(c4)OCO5)c4cc(CO)c(CO)cc24)C(=O)OC3)[C@H](O)[C@@H](OC(=O)c2ccccc2)[C@@H]1O. The highest BCUT2D eigenvalue weighted by Crippen LogP contribution is 2.51. The average Bonchev–Trinajstić information content (AvgIpc) is 1.71. The van der Waals surface area contributed by atoms with Crippen molar-refractivity contribution in [1.82, 2.24) is 0 Å². The standard InChI is InChI=1S/C36H35NO12.C34H30O12/c1-17-30(40)33(48-34(42)18-4-7-22(8-5-18)37(2)3)31(41)36(47-17)49-32-24-11-21(14-39)20(13-38)10-23(24)28(29-25(32)15-44-35(29)43)19-6-9-26-27(12-19)46-16-45-26;1-16-28(37)31(45-32(39)17-5-3-2-4-6-17)29(38)34(44-16)46-30-22-10-20(13-36)19(12-35)9-21(22)26(27-23(30)14-41-33(27)40)18-7-8-24-25(11-18)43-15-42-24/h4-12,17,30-31,33,36,38-41H,13-16H2,1-3H3;2-11,16,28-29,31,34-38H,12-15H2,1H3/t17-,30-,31-,33+,36?;16-,28-,29-,31+,34?/m11/s1. The molecular formula is C70H65NO24. The molecule has 14 rings (SSSR count). The van der Waals surface area contributed by atoms with E-state index in [1.807, 2.05) is 19.0 Å². The van der Waals surface area contributed by atoms with Gasteiger partial charge < -0.3 is 103 Å². The van der Waals surface area contributed by atoms with Gasteiger partial charge in [-0.15, -0.1) is 0 Å². The number of esters is 4. The van der Waals surface area contributed by atoms with E-state index >= 15 is 0 Å². The summed E-state index contributed by atoms with van der Waals surface area (Å²) in [7, 11) is 3.73. The lowest BCUT2D eigenvalue weighted by molar-refractivity contribution is -0.267. The number of ether oxygens (including phenoxy) is 12. The lowest BCUT2D eigenvalue weighted by Crippen LogP contribution is -2.59. The highest BCUT2D eigenvalue weighted by Gasteiger charge is 2.49. The van der Waals surface area contributed by atoms with E-state index < -0.39 is 112 Å². The first kappa shape index (κ1) is 64.1. The van der Waals surface area contributed by atoms with Gasteiger partial charge in [-0.2, -0.15) is 0 Å². The first-order valence-electron chi connectivity index (χ1n) is 30.4. The molecule has 8 aromatic rings. The van der Waals surface area contributed by atoms with Crippen molar-refractivity contribution in [3.63, 3.8) is 0 Å². The smallest absolute Gasteiger partial charge is 0.339 e. The van der Waals surface area contributed by atoms with Crippen LogP contribution in [0.15, 0.2) is 115 Å². The molecule has 2 fully saturated rings. The Labute approximate surface area is 541 Å². The molecule has 2 saturated heterocycles. The van der Waals surface area contributed by atoms with Crippen molar-refractivity contribution in [3.8, 4) is 56.8 Å². The predicted octanol–water partition coefficient (Wildman–Crippen LogP) is 5.99. The lowest BCUT2D eigenvalue weighted by atomic mass is 9.87. The minimum atomic E-state index is -1.66. The van der Waals surface area contributed by atoms with Gasteiger partial charge >= 0.3 is 23.9 Å². The van der Waals surface area contributed by atoms with Gasteiger partial charge in [0.1, 0.15) is 36.9 Å². The highest BCUT2D eigenvalue weighted by atomic mass is 16.7. The van der Waals surface area contributed by atoms with Crippen molar-refractivity contribution >= 4 is 51.1 Å². The summed E-state index contributed by atoms with van der Waals surface area (Å²) in [6, 6.07) is 31.9. The molecule has 6 aliphatic rings. The highest BCUT2D eigenvalue weighted by molar-refractivity contribution is 6.15. The van der Waals surface area contributed by atoms with E-state index in [1.54, 1.807) is 129 Å². The van der Waals surface area contributed by atoms with Gasteiger partial charge in [0.05, 0.1) is 60.9 Å². The third-order valence-corrected chi connectivity index (χ3v) is 17.6. The number of benzene rings is 8. The van der Waals surface area contributed by atoms with Gasteiger partial charge in [0, 0.05) is 52.8 Å². The number of aliphatic hydroxyl groups excluding tert-OH is 8. The van der Waals surface area contributed by atoms with Crippen LogP contribution in [0, 0.1) is 0 Å². The molecule has 0 saturated carbocycles. The zero-order valence-corrected chi connectivity index (χ0v) is 51.5. The van der Waals surface area contributed by atoms with Crippen LogP contribution in [0.1, 0.15) is 88.7 Å². The summed E-state index contributed by atoms with van der Waals surface area (Å²) >= 11 is 0. The number of aliphatic hydroxyl groups is 8. The van der Waals surface area contributed by atoms with Crippen LogP contribution in [0.25, 0.3) is 43.8 Å². The molecule has 25 nitrogen and oxygen atoms in total. The van der Waals surface area contributed by atoms with E-state index in [1.165, 1.54) is 0 Å². The number of fused-ring (bicyclic) bond motifs is 6. The summed E-state index contributed by atoms with van der Waals surface area (Å²) in [5.41, 5.74) is 6.27. The average molecular weight is 1300 g/mol. The number of carbonyl (C=O) groups excluding carboxylic acids is 4. The van der Waals surface area contributed by atoms with Crippen molar-refractivity contribution in [2.24, 2.45) is 0 Å². The van der Waals surface area contributed by atoms with Crippen LogP contribution in [0.5, 0.6) is 34.5 Å². The van der Waals surface area contributed by atoms with E-state index in [9.17, 15) is 60.0 Å². The molecule has 8 N–H and O–H groups in total. The number of carbonyl (C=O) groups is 4. The van der Waals surface area contributed by atoms with Gasteiger partial charge in [0.25, 0.3) is 0 Å². The maximum atomic E-state index is 13.4. The predicted molar refractivity (Wildman–Crippen MR) is 333 cm³/mol. The topological polar surface area (TPSA) is 344 Å². The molecular weight excluding hydrogens is 1240 g/mol. The monoisotopic (exact) mass is 1300 g/mol. The van der Waals surface area contributed by atoms with Crippen LogP contribution in [-0.2, 0) is 68.1 Å². The molecule has 0 spiro atoms. The molecule has 25 heteroatoms. The summed E-state index contributed by atoms with van der Waals surface area (Å²) in [5.74, 6) is -0.426. The minimum absolute atomic E-state index is 0.0524. The summed E-state index contributed by atoms with van der Waals surface area (Å²) < 4.78 is 68.9. The van der Waals surface area contributed by atoms with Gasteiger partial charge in [-0.1, -0.05) is 30.3 Å². The number of hydrogen-bond acceptors (Lipinski definition) is 25. The second-order valence-electron chi connectivity index (χ2n) is 23.5. The lowest BCUT2D eigenvalue weighted by Gasteiger charge is -2.41. The Hall–Kier alpha value is -9.64. The molecule has 494 valence electrons. The molecule has 95 heavy (non-hydrogen) atoms. The maximum Gasteiger partial charge on any atom is 0.339 e. The number of nitrogens with zero attached hydrogens (tertiary/aromatic N) is 1. The van der Waals surface area contributed by atoms with Crippen molar-refractivity contribution in [2.75, 3.05) is 32.6 Å². The van der Waals surface area contributed by atoms with Gasteiger partial charge in [-0.05, 0) is 143 Å². The van der Waals surface area contributed by atoms with Crippen LogP contribution < -0.4 is 33.3 Å². The second-order valence-corrected chi connectivity index (χ2v) is 23.5. The van der Waals surface area contributed by atoms with Crippen LogP contribution in [-0.4, -0.2) is 154 Å². The summed E-state index contributed by atoms with van der Waals surface area (Å²) in [5, 5.41) is 87.2. The molecule has 0 amide bonds. The largest absolute Gasteiger partial charge is 0.461 e. The Balaban J connectivity index is 0.000000172. The zero-order valence-electron chi connectivity index (χ0n) is 51.5. The van der Waals surface area contributed by atoms with E-state index in [-0.39, 0.29) is 60.6 Å². The van der Waals surface area contributed by atoms with Crippen LogP contribution >= 0.6 is 0 Å². The molecule has 0 aliphatic carbocycles. The number of cyclic esters (lactones) is 2. The van der Waals surface area contributed by atoms with Crippen LogP contribution in [0.3, 0.4) is 0 Å². The second kappa shape index (κ2) is 26.3. The summed E-state index contributed by atoms with van der Waals surface area (Å²) in [4.78, 5) is 54.6. The summed E-state index contributed by atoms with van der Waals surface area (Å²) in [6.07, 6.45) is -13.7. The Kier molecular flexibility index (Phi) is 17.7. The zero-order chi connectivity index (χ0) is 66.7. The Morgan fingerprint density at radius 3 is 1.25 bits per heavy atom. The Morgan fingerprint density at radius 2 is 0.853 bits per heavy atom. The van der Waals surface area contributed by atoms with Crippen LogP contribution in [0.2, 0.25) is 0 Å². The molecule has 10 atom stereocenters. The van der Waals surface area contributed by atoms with Gasteiger partial charge in [0.2, 0.25) is 26.2 Å². The molecule has 6 aliphatic heterocycles. The van der Waals surface area contributed by atoms with E-state index in [4.69, 9.17) is 56.8 Å². The van der Waals surface area contributed by atoms with Gasteiger partial charge in [-0.25, -0.2) is 19.2 Å². The molecule has 6 heterocycles. The molecule has 0 bridgehead atoms. The number of rotatable bonds is 15.